The smallest absolute Gasteiger partial charge is 0.346 e. The number of ether oxygens (including phenoxy) is 2. The van der Waals surface area contributed by atoms with Gasteiger partial charge in [-0.15, -0.1) is 0 Å². The van der Waals surface area contributed by atoms with Crippen LogP contribution in [0.2, 0.25) is 0 Å². The fourth-order valence-electron chi connectivity index (χ4n) is 1.66. The molecule has 0 saturated carbocycles. The number of carbonyl (C=O) groups is 3. The second kappa shape index (κ2) is 8.84. The van der Waals surface area contributed by atoms with Gasteiger partial charge in [-0.3, -0.25) is 18.9 Å². The van der Waals surface area contributed by atoms with Crippen LogP contribution in [0.1, 0.15) is 0 Å². The Hall–Kier alpha value is -0.870. The predicted molar refractivity (Wildman–Crippen MR) is 85.7 cm³/mol. The molecule has 130 valence electrons. The van der Waals surface area contributed by atoms with Gasteiger partial charge in [0, 0.05) is 14.2 Å². The number of amides is 1. The van der Waals surface area contributed by atoms with Gasteiger partial charge in [-0.1, -0.05) is 23.5 Å². The summed E-state index contributed by atoms with van der Waals surface area (Å²) >= 11 is 1.88. The fourth-order valence-corrected chi connectivity index (χ4v) is 5.75. The Balaban J connectivity index is 3.24. The van der Waals surface area contributed by atoms with E-state index in [9.17, 15) is 18.9 Å². The number of nitrogens with zero attached hydrogens (tertiary/aromatic N) is 1. The van der Waals surface area contributed by atoms with Crippen molar-refractivity contribution in [3.8, 4) is 0 Å². The summed E-state index contributed by atoms with van der Waals surface area (Å²) in [6.45, 7) is 0. The van der Waals surface area contributed by atoms with Crippen LogP contribution in [-0.4, -0.2) is 67.3 Å². The van der Waals surface area contributed by atoms with Gasteiger partial charge < -0.3 is 18.5 Å². The van der Waals surface area contributed by atoms with Crippen molar-refractivity contribution >= 4 is 53.3 Å². The van der Waals surface area contributed by atoms with E-state index in [0.717, 1.165) is 52.0 Å². The van der Waals surface area contributed by atoms with Crippen molar-refractivity contribution in [2.75, 3.05) is 34.2 Å². The Bertz CT molecular complexity index is 558. The minimum absolute atomic E-state index is 0.130. The summed E-state index contributed by atoms with van der Waals surface area (Å²) in [5.41, 5.74) is -1.57. The van der Waals surface area contributed by atoms with Gasteiger partial charge in [0.25, 0.3) is 5.91 Å². The lowest BCUT2D eigenvalue weighted by molar-refractivity contribution is -0.146. The van der Waals surface area contributed by atoms with E-state index in [2.05, 4.69) is 14.5 Å². The molecule has 23 heavy (non-hydrogen) atoms. The average Bonchev–Trinajstić information content (AvgIpc) is 2.97. The van der Waals surface area contributed by atoms with Gasteiger partial charge in [-0.25, -0.2) is 0 Å². The molecule has 0 bridgehead atoms. The molecule has 0 aromatic heterocycles. The average molecular weight is 385 g/mol. The van der Waals surface area contributed by atoms with Gasteiger partial charge in [0.15, 0.2) is 5.66 Å². The summed E-state index contributed by atoms with van der Waals surface area (Å²) in [7, 11) is 0.365. The second-order valence-electron chi connectivity index (χ2n) is 3.99. The quantitative estimate of drug-likeness (QED) is 0.462. The molecule has 0 N–H and O–H groups in total. The summed E-state index contributed by atoms with van der Waals surface area (Å²) in [4.78, 5) is 39.1. The molecule has 1 aliphatic heterocycles. The highest BCUT2D eigenvalue weighted by molar-refractivity contribution is 8.40. The van der Waals surface area contributed by atoms with Crippen LogP contribution in [0.5, 0.6) is 0 Å². The number of rotatable bonds is 7. The first kappa shape index (κ1) is 20.2. The molecule has 0 radical (unpaired) electrons. The second-order valence-corrected chi connectivity index (χ2v) is 8.71. The zero-order valence-corrected chi connectivity index (χ0v) is 15.4. The van der Waals surface area contributed by atoms with Crippen LogP contribution < -0.4 is 0 Å². The summed E-state index contributed by atoms with van der Waals surface area (Å²) < 4.78 is 31.9. The summed E-state index contributed by atoms with van der Waals surface area (Å²) in [5.74, 6) is -2.04. The monoisotopic (exact) mass is 385 g/mol. The Morgan fingerprint density at radius 2 is 1.74 bits per heavy atom. The first-order valence-electron chi connectivity index (χ1n) is 6.10. The highest BCUT2D eigenvalue weighted by Gasteiger charge is 2.51. The molecule has 0 aromatic rings. The minimum atomic E-state index is -4.00. The molecule has 9 nitrogen and oxygen atoms in total. The lowest BCUT2D eigenvalue weighted by Gasteiger charge is -2.27. The number of hydrogen-bond acceptors (Lipinski definition) is 10. The number of esters is 2. The van der Waals surface area contributed by atoms with Crippen molar-refractivity contribution in [1.82, 2.24) is 0 Å². The van der Waals surface area contributed by atoms with E-state index >= 15 is 0 Å². The molecule has 0 aliphatic carbocycles. The fraction of sp³-hybridized carbons (Fsp3) is 0.636. The molecule has 0 aromatic carbocycles. The van der Waals surface area contributed by atoms with Gasteiger partial charge in [-0.2, -0.15) is 4.99 Å². The van der Waals surface area contributed by atoms with Crippen LogP contribution >= 0.6 is 31.1 Å². The Morgan fingerprint density at radius 1 is 1.17 bits per heavy atom. The van der Waals surface area contributed by atoms with Crippen molar-refractivity contribution in [2.45, 2.75) is 10.9 Å². The van der Waals surface area contributed by atoms with E-state index < -0.39 is 30.4 Å². The number of carbonyl (C=O) groups excluding carboxylic acids is 3. The number of methoxy groups -OCH3 is 2. The van der Waals surface area contributed by atoms with Crippen LogP contribution in [0.25, 0.3) is 0 Å². The van der Waals surface area contributed by atoms with Crippen molar-refractivity contribution < 1.29 is 37.5 Å². The van der Waals surface area contributed by atoms with Gasteiger partial charge >= 0.3 is 19.5 Å². The Labute approximate surface area is 141 Å². The normalized spacial score (nSPS) is 17.4. The van der Waals surface area contributed by atoms with Crippen molar-refractivity contribution in [3.05, 3.63) is 0 Å². The van der Waals surface area contributed by atoms with Crippen LogP contribution in [0, 0.1) is 0 Å². The van der Waals surface area contributed by atoms with Crippen molar-refractivity contribution in [1.29, 1.82) is 0 Å². The highest BCUT2D eigenvalue weighted by atomic mass is 32.2. The summed E-state index contributed by atoms with van der Waals surface area (Å²) in [6, 6.07) is 0. The van der Waals surface area contributed by atoms with E-state index in [1.807, 2.05) is 0 Å². The topological polar surface area (TPSA) is 118 Å². The first-order chi connectivity index (χ1) is 10.8. The molecule has 2 atom stereocenters. The Morgan fingerprint density at radius 3 is 2.13 bits per heavy atom. The zero-order chi connectivity index (χ0) is 17.6. The third-order valence-electron chi connectivity index (χ3n) is 2.78. The van der Waals surface area contributed by atoms with Crippen LogP contribution in [-0.2, 0) is 37.5 Å². The molecule has 12 heteroatoms. The third kappa shape index (κ3) is 4.80. The highest BCUT2D eigenvalue weighted by Crippen LogP contribution is 2.55. The van der Waals surface area contributed by atoms with E-state index in [1.165, 1.54) is 0 Å². The number of thioether (sulfide) groups is 2. The molecule has 1 heterocycles. The summed E-state index contributed by atoms with van der Waals surface area (Å²) in [5, 5.41) is -1.31. The van der Waals surface area contributed by atoms with Crippen molar-refractivity contribution in [2.24, 2.45) is 4.99 Å². The van der Waals surface area contributed by atoms with E-state index in [1.54, 1.807) is 0 Å². The maximum Gasteiger partial charge on any atom is 0.346 e. The Kier molecular flexibility index (Phi) is 7.75. The molecule has 1 aliphatic rings. The molecule has 2 unspecified atom stereocenters. The maximum atomic E-state index is 12.7. The van der Waals surface area contributed by atoms with Gasteiger partial charge in [0.2, 0.25) is 0 Å². The molecular formula is C11H16NO8PS2. The van der Waals surface area contributed by atoms with Crippen LogP contribution in [0.3, 0.4) is 0 Å². The maximum absolute atomic E-state index is 12.7. The molecule has 0 saturated heterocycles. The van der Waals surface area contributed by atoms with Gasteiger partial charge in [-0.05, 0) is 0 Å². The minimum Gasteiger partial charge on any atom is -0.468 e. The van der Waals surface area contributed by atoms with Gasteiger partial charge in [0.05, 0.1) is 20.0 Å². The van der Waals surface area contributed by atoms with E-state index in [0.29, 0.717) is 0 Å². The van der Waals surface area contributed by atoms with Gasteiger partial charge in [0.1, 0.15) is 9.63 Å². The van der Waals surface area contributed by atoms with Crippen LogP contribution in [0.15, 0.2) is 4.99 Å². The molecule has 1 amide bonds. The standard InChI is InChI=1S/C11H16NO8PS2/c1-17-9(14)7(21(16,19-3)20-4)8(10(15)18-2)23-11-12-6(13)5-22-11/h7-8H,5H2,1-4H3. The number of aliphatic imine (C=N–C) groups is 1. The molecule has 0 spiro atoms. The lowest BCUT2D eigenvalue weighted by Crippen LogP contribution is -2.40. The molecule has 1 rings (SSSR count). The van der Waals surface area contributed by atoms with E-state index in [-0.39, 0.29) is 16.0 Å². The van der Waals surface area contributed by atoms with Crippen molar-refractivity contribution in [3.63, 3.8) is 0 Å². The summed E-state index contributed by atoms with van der Waals surface area (Å²) in [6.07, 6.45) is 0. The number of hydrogen-bond donors (Lipinski definition) is 0. The van der Waals surface area contributed by atoms with E-state index in [4.69, 9.17) is 9.05 Å². The first-order valence-corrected chi connectivity index (χ1v) is 9.58. The zero-order valence-electron chi connectivity index (χ0n) is 12.8. The third-order valence-corrected chi connectivity index (χ3v) is 7.57. The predicted octanol–water partition coefficient (Wildman–Crippen LogP) is 0.918. The molecular weight excluding hydrogens is 369 g/mol. The molecule has 0 fully saturated rings. The lowest BCUT2D eigenvalue weighted by atomic mass is 10.3. The SMILES string of the molecule is COC(=O)C(SC1=NC(=O)CS1)C(C(=O)OC)P(=O)(OC)OC. The van der Waals surface area contributed by atoms with Crippen LogP contribution in [0.4, 0.5) is 0 Å². The largest absolute Gasteiger partial charge is 0.468 e.